The third kappa shape index (κ3) is 4.15. The molecule has 1 N–H and O–H groups in total. The number of fused-ring (bicyclic) bond motifs is 4. The van der Waals surface area contributed by atoms with E-state index >= 15 is 0 Å². The maximum absolute atomic E-state index is 12.2. The molecule has 4 atom stereocenters. The minimum atomic E-state index is 0.0900. The smallest absolute Gasteiger partial charge is 0.225 e. The van der Waals surface area contributed by atoms with Crippen molar-refractivity contribution in [2.45, 2.75) is 51.1 Å². The number of aromatic nitrogens is 2. The van der Waals surface area contributed by atoms with Gasteiger partial charge in [0.15, 0.2) is 0 Å². The highest BCUT2D eigenvalue weighted by Crippen LogP contribution is 2.41. The van der Waals surface area contributed by atoms with Crippen LogP contribution in [-0.4, -0.2) is 72.8 Å². The average Bonchev–Trinajstić information content (AvgIpc) is 2.72. The van der Waals surface area contributed by atoms with E-state index in [0.29, 0.717) is 36.9 Å². The van der Waals surface area contributed by atoms with Gasteiger partial charge in [-0.05, 0) is 50.6 Å². The van der Waals surface area contributed by atoms with Crippen LogP contribution in [0.1, 0.15) is 37.8 Å². The van der Waals surface area contributed by atoms with Gasteiger partial charge >= 0.3 is 0 Å². The molecule has 0 radical (unpaired) electrons. The minimum Gasteiger partial charge on any atom is -0.384 e. The molecule has 154 valence electrons. The molecule has 7 nitrogen and oxygen atoms in total. The Morgan fingerprint density at radius 2 is 2.18 bits per heavy atom. The van der Waals surface area contributed by atoms with Gasteiger partial charge in [-0.3, -0.25) is 9.69 Å². The molecule has 28 heavy (non-hydrogen) atoms. The quantitative estimate of drug-likeness (QED) is 0.800. The van der Waals surface area contributed by atoms with E-state index in [1.54, 1.807) is 7.11 Å². The highest BCUT2D eigenvalue weighted by molar-refractivity contribution is 5.76. The summed E-state index contributed by atoms with van der Waals surface area (Å²) >= 11 is 0. The van der Waals surface area contributed by atoms with Gasteiger partial charge < -0.3 is 15.0 Å². The van der Waals surface area contributed by atoms with E-state index in [-0.39, 0.29) is 5.91 Å². The van der Waals surface area contributed by atoms with E-state index in [2.05, 4.69) is 25.1 Å². The molecular formula is C21H33N5O2. The molecule has 4 heterocycles. The molecule has 0 spiro atoms. The molecule has 0 aromatic carbocycles. The molecule has 1 aromatic heterocycles. The molecule has 0 aliphatic carbocycles. The molecular weight excluding hydrogens is 354 g/mol. The second-order valence-electron chi connectivity index (χ2n) is 8.57. The van der Waals surface area contributed by atoms with Gasteiger partial charge in [0.05, 0.1) is 6.61 Å². The van der Waals surface area contributed by atoms with Crippen molar-refractivity contribution in [1.82, 2.24) is 20.2 Å². The second kappa shape index (κ2) is 8.74. The Morgan fingerprint density at radius 3 is 3.00 bits per heavy atom. The molecule has 3 aliphatic rings. The molecule has 0 saturated carbocycles. The maximum atomic E-state index is 12.2. The van der Waals surface area contributed by atoms with E-state index < -0.39 is 0 Å². The fourth-order valence-corrected chi connectivity index (χ4v) is 5.44. The number of carbonyl (C=O) groups is 1. The zero-order valence-corrected chi connectivity index (χ0v) is 17.1. The van der Waals surface area contributed by atoms with E-state index in [0.717, 1.165) is 37.8 Å². The van der Waals surface area contributed by atoms with Crippen molar-refractivity contribution in [2.24, 2.45) is 11.8 Å². The van der Waals surface area contributed by atoms with Gasteiger partial charge in [-0.25, -0.2) is 9.97 Å². The van der Waals surface area contributed by atoms with E-state index in [9.17, 15) is 4.79 Å². The number of anilines is 1. The third-order valence-electron chi connectivity index (χ3n) is 6.73. The monoisotopic (exact) mass is 387 g/mol. The number of amides is 1. The van der Waals surface area contributed by atoms with Crippen molar-refractivity contribution < 1.29 is 9.53 Å². The van der Waals surface area contributed by atoms with Crippen molar-refractivity contribution in [3.8, 4) is 0 Å². The van der Waals surface area contributed by atoms with Gasteiger partial charge in [-0.15, -0.1) is 0 Å². The van der Waals surface area contributed by atoms with Crippen LogP contribution >= 0.6 is 0 Å². The Morgan fingerprint density at radius 1 is 1.32 bits per heavy atom. The molecule has 2 bridgehead atoms. The van der Waals surface area contributed by atoms with Crippen LogP contribution in [0.5, 0.6) is 0 Å². The van der Waals surface area contributed by atoms with Gasteiger partial charge in [-0.1, -0.05) is 6.42 Å². The highest BCUT2D eigenvalue weighted by atomic mass is 16.5. The highest BCUT2D eigenvalue weighted by Gasteiger charge is 2.47. The lowest BCUT2D eigenvalue weighted by Crippen LogP contribution is -2.66. The van der Waals surface area contributed by atoms with Gasteiger partial charge in [0.25, 0.3) is 0 Å². The van der Waals surface area contributed by atoms with Crippen LogP contribution in [0.4, 0.5) is 5.95 Å². The lowest BCUT2D eigenvalue weighted by atomic mass is 9.72. The third-order valence-corrected chi connectivity index (χ3v) is 6.73. The number of rotatable bonds is 6. The number of piperidine rings is 3. The SMILES string of the molecule is COCCC(=O)NC[C@H]1[C@H]2C[C@H](CN(c3nccc(C)n3)C2)[C@@H]2CCCCN21. The van der Waals surface area contributed by atoms with Crippen molar-refractivity contribution in [1.29, 1.82) is 0 Å². The summed E-state index contributed by atoms with van der Waals surface area (Å²) < 4.78 is 5.04. The van der Waals surface area contributed by atoms with E-state index in [4.69, 9.17) is 4.74 Å². The molecule has 3 fully saturated rings. The number of hydrogen-bond donors (Lipinski definition) is 1. The first kappa shape index (κ1) is 19.6. The van der Waals surface area contributed by atoms with Crippen molar-refractivity contribution in [3.63, 3.8) is 0 Å². The van der Waals surface area contributed by atoms with Crippen LogP contribution in [0.2, 0.25) is 0 Å². The lowest BCUT2D eigenvalue weighted by Gasteiger charge is -2.56. The summed E-state index contributed by atoms with van der Waals surface area (Å²) in [5.41, 5.74) is 1.02. The van der Waals surface area contributed by atoms with Crippen LogP contribution in [0.25, 0.3) is 0 Å². The Labute approximate surface area is 167 Å². The Bertz CT molecular complexity index is 685. The number of nitrogens with zero attached hydrogens (tertiary/aromatic N) is 4. The predicted molar refractivity (Wildman–Crippen MR) is 108 cm³/mol. The van der Waals surface area contributed by atoms with Crippen LogP contribution < -0.4 is 10.2 Å². The first-order valence-electron chi connectivity index (χ1n) is 10.7. The zero-order valence-electron chi connectivity index (χ0n) is 17.1. The Hall–Kier alpha value is -1.73. The van der Waals surface area contributed by atoms with Crippen LogP contribution in [0.3, 0.4) is 0 Å². The molecule has 3 saturated heterocycles. The first-order valence-corrected chi connectivity index (χ1v) is 10.7. The summed E-state index contributed by atoms with van der Waals surface area (Å²) in [6.07, 6.45) is 7.41. The van der Waals surface area contributed by atoms with Crippen LogP contribution in [0.15, 0.2) is 12.3 Å². The van der Waals surface area contributed by atoms with Gasteiger partial charge in [-0.2, -0.15) is 0 Å². The topological polar surface area (TPSA) is 70.6 Å². The first-order chi connectivity index (χ1) is 13.7. The van der Waals surface area contributed by atoms with E-state index in [1.807, 2.05) is 19.2 Å². The zero-order chi connectivity index (χ0) is 19.5. The average molecular weight is 388 g/mol. The molecule has 1 aromatic rings. The number of aryl methyl sites for hydroxylation is 1. The summed E-state index contributed by atoms with van der Waals surface area (Å²) in [5, 5.41) is 3.18. The molecule has 0 unspecified atom stereocenters. The number of hydrogen-bond acceptors (Lipinski definition) is 6. The van der Waals surface area contributed by atoms with Crippen molar-refractivity contribution in [3.05, 3.63) is 18.0 Å². The van der Waals surface area contributed by atoms with Gasteiger partial charge in [0.1, 0.15) is 0 Å². The fraction of sp³-hybridized carbons (Fsp3) is 0.762. The summed E-state index contributed by atoms with van der Waals surface area (Å²) in [5.74, 6) is 2.16. The Balaban J connectivity index is 1.49. The molecule has 3 aliphatic heterocycles. The van der Waals surface area contributed by atoms with Crippen LogP contribution in [0, 0.1) is 18.8 Å². The van der Waals surface area contributed by atoms with Gasteiger partial charge in [0, 0.05) is 57.1 Å². The molecule has 1 amide bonds. The van der Waals surface area contributed by atoms with Crippen molar-refractivity contribution >= 4 is 11.9 Å². The van der Waals surface area contributed by atoms with Crippen molar-refractivity contribution in [2.75, 3.05) is 44.8 Å². The summed E-state index contributed by atoms with van der Waals surface area (Å²) in [6.45, 7) is 6.43. The Kier molecular flexibility index (Phi) is 6.11. The van der Waals surface area contributed by atoms with Gasteiger partial charge in [0.2, 0.25) is 11.9 Å². The largest absolute Gasteiger partial charge is 0.384 e. The molecule has 4 rings (SSSR count). The normalized spacial score (nSPS) is 30.0. The van der Waals surface area contributed by atoms with Crippen LogP contribution in [-0.2, 0) is 9.53 Å². The minimum absolute atomic E-state index is 0.0900. The van der Waals surface area contributed by atoms with E-state index in [1.165, 1.54) is 25.7 Å². The maximum Gasteiger partial charge on any atom is 0.225 e. The predicted octanol–water partition coefficient (Wildman–Crippen LogP) is 1.62. The lowest BCUT2D eigenvalue weighted by molar-refractivity contribution is -0.122. The summed E-state index contributed by atoms with van der Waals surface area (Å²) in [7, 11) is 1.64. The second-order valence-corrected chi connectivity index (χ2v) is 8.57. The molecule has 7 heteroatoms. The standard InChI is InChI=1S/C21H33N5O2/c1-15-6-8-22-21(24-15)25-13-16-11-17(14-25)19(12-23-20(27)7-10-28-2)26-9-4-3-5-18(16)26/h6,8,16-19H,3-5,7,9-14H2,1-2H3,(H,23,27)/t16-,17+,18+,19+/m1/s1. The fourth-order valence-electron chi connectivity index (χ4n) is 5.44. The number of carbonyl (C=O) groups excluding carboxylic acids is 1. The number of methoxy groups -OCH3 is 1. The summed E-state index contributed by atoms with van der Waals surface area (Å²) in [4.78, 5) is 26.5. The summed E-state index contributed by atoms with van der Waals surface area (Å²) in [6, 6.07) is 2.98. The number of ether oxygens (including phenoxy) is 1. The number of nitrogens with one attached hydrogen (secondary N) is 1.